The van der Waals surface area contributed by atoms with Gasteiger partial charge in [-0.25, -0.2) is 9.59 Å². The van der Waals surface area contributed by atoms with Crippen LogP contribution in [-0.4, -0.2) is 82.3 Å². The number of carbonyl (C=O) groups is 2. The zero-order chi connectivity index (χ0) is 13.7. The average Bonchev–Trinajstić information content (AvgIpc) is 2.89. The number of nitrogens with zero attached hydrogens (tertiary/aromatic N) is 2. The minimum Gasteiger partial charge on any atom is -0.480 e. The molecular formula is C11H19N3O3S2. The predicted molar refractivity (Wildman–Crippen MR) is 77.8 cm³/mol. The van der Waals surface area contributed by atoms with Gasteiger partial charge in [-0.3, -0.25) is 4.90 Å². The van der Waals surface area contributed by atoms with Crippen LogP contribution in [0.1, 0.15) is 0 Å². The number of carboxylic acid groups (broad SMARTS) is 1. The molecule has 0 unspecified atom stereocenters. The molecule has 8 heteroatoms. The van der Waals surface area contributed by atoms with E-state index in [-0.39, 0.29) is 6.03 Å². The maximum atomic E-state index is 11.9. The first-order valence-corrected chi connectivity index (χ1v) is 8.64. The molecule has 0 saturated carbocycles. The maximum Gasteiger partial charge on any atom is 0.327 e. The molecule has 2 N–H and O–H groups in total. The van der Waals surface area contributed by atoms with Crippen LogP contribution < -0.4 is 5.32 Å². The van der Waals surface area contributed by atoms with Crippen LogP contribution in [0.25, 0.3) is 0 Å². The van der Waals surface area contributed by atoms with E-state index >= 15 is 0 Å². The Morgan fingerprint density at radius 3 is 2.68 bits per heavy atom. The molecule has 0 spiro atoms. The summed E-state index contributed by atoms with van der Waals surface area (Å²) in [5.74, 6) is 2.32. The lowest BCUT2D eigenvalue weighted by Gasteiger charge is -2.27. The van der Waals surface area contributed by atoms with Crippen LogP contribution in [0.2, 0.25) is 0 Å². The van der Waals surface area contributed by atoms with Crippen LogP contribution in [0.3, 0.4) is 0 Å². The molecule has 0 aliphatic carbocycles. The number of hydrogen-bond donors (Lipinski definition) is 2. The molecule has 0 bridgehead atoms. The van der Waals surface area contributed by atoms with Gasteiger partial charge in [-0.2, -0.15) is 11.8 Å². The molecule has 6 nitrogen and oxygen atoms in total. The summed E-state index contributed by atoms with van der Waals surface area (Å²) in [5.41, 5.74) is 0. The van der Waals surface area contributed by atoms with Crippen LogP contribution >= 0.6 is 23.5 Å². The largest absolute Gasteiger partial charge is 0.480 e. The second-order valence-corrected chi connectivity index (χ2v) is 6.73. The van der Waals surface area contributed by atoms with Gasteiger partial charge in [0.15, 0.2) is 0 Å². The highest BCUT2D eigenvalue weighted by Gasteiger charge is 2.34. The van der Waals surface area contributed by atoms with Gasteiger partial charge in [0.05, 0.1) is 5.88 Å². The summed E-state index contributed by atoms with van der Waals surface area (Å²) in [7, 11) is 0. The number of carboxylic acids is 1. The molecular weight excluding hydrogens is 286 g/mol. The van der Waals surface area contributed by atoms with E-state index < -0.39 is 12.0 Å². The molecule has 2 heterocycles. The summed E-state index contributed by atoms with van der Waals surface area (Å²) in [6.45, 7) is 3.55. The molecule has 2 rings (SSSR count). The van der Waals surface area contributed by atoms with Gasteiger partial charge in [0.2, 0.25) is 0 Å². The van der Waals surface area contributed by atoms with Gasteiger partial charge in [0, 0.05) is 43.4 Å². The molecule has 2 fully saturated rings. The van der Waals surface area contributed by atoms with E-state index in [9.17, 15) is 9.59 Å². The highest BCUT2D eigenvalue weighted by atomic mass is 32.2. The summed E-state index contributed by atoms with van der Waals surface area (Å²) in [6.07, 6.45) is 0. The second-order valence-electron chi connectivity index (χ2n) is 4.51. The topological polar surface area (TPSA) is 72.9 Å². The van der Waals surface area contributed by atoms with Crippen molar-refractivity contribution in [1.29, 1.82) is 0 Å². The zero-order valence-electron chi connectivity index (χ0n) is 10.7. The van der Waals surface area contributed by atoms with Crippen molar-refractivity contribution in [3.63, 3.8) is 0 Å². The molecule has 108 valence electrons. The number of hydrogen-bond acceptors (Lipinski definition) is 5. The van der Waals surface area contributed by atoms with Gasteiger partial charge in [-0.05, 0) is 0 Å². The summed E-state index contributed by atoms with van der Waals surface area (Å²) >= 11 is 3.44. The molecule has 1 atom stereocenters. The van der Waals surface area contributed by atoms with Crippen LogP contribution in [0.15, 0.2) is 0 Å². The van der Waals surface area contributed by atoms with E-state index in [1.807, 2.05) is 11.8 Å². The standard InChI is InChI=1S/C11H19N3O3S2/c15-10(16)9-7-19-8-14(9)11(17)12-1-2-13-3-5-18-6-4-13/h9H,1-8H2,(H,12,17)(H,15,16)/t9-/m0/s1. The van der Waals surface area contributed by atoms with Gasteiger partial charge in [0.1, 0.15) is 6.04 Å². The van der Waals surface area contributed by atoms with Crippen molar-refractivity contribution in [2.24, 2.45) is 0 Å². The number of thioether (sulfide) groups is 2. The SMILES string of the molecule is O=C(O)[C@@H]1CSCN1C(=O)NCCN1CCSCC1. The molecule has 0 aromatic heterocycles. The number of carbonyl (C=O) groups excluding carboxylic acids is 1. The Kier molecular flexibility index (Phi) is 5.65. The van der Waals surface area contributed by atoms with Crippen molar-refractivity contribution in [3.8, 4) is 0 Å². The third-order valence-corrected chi connectivity index (χ3v) is 5.19. The van der Waals surface area contributed by atoms with Gasteiger partial charge in [0.25, 0.3) is 0 Å². The Hall–Kier alpha value is -0.600. The number of nitrogens with one attached hydrogen (secondary N) is 1. The third-order valence-electron chi connectivity index (χ3n) is 3.24. The van der Waals surface area contributed by atoms with Gasteiger partial charge < -0.3 is 15.3 Å². The molecule has 2 amide bonds. The lowest BCUT2D eigenvalue weighted by Crippen LogP contribution is -2.48. The monoisotopic (exact) mass is 305 g/mol. The van der Waals surface area contributed by atoms with Crippen molar-refractivity contribution >= 4 is 35.5 Å². The number of rotatable bonds is 4. The van der Waals surface area contributed by atoms with E-state index in [2.05, 4.69) is 10.2 Å². The fourth-order valence-corrected chi connectivity index (χ4v) is 4.22. The predicted octanol–water partition coefficient (Wildman–Crippen LogP) is 0.204. The van der Waals surface area contributed by atoms with Gasteiger partial charge >= 0.3 is 12.0 Å². The van der Waals surface area contributed by atoms with Crippen molar-refractivity contribution in [1.82, 2.24) is 15.1 Å². The second kappa shape index (κ2) is 7.25. The first kappa shape index (κ1) is 14.8. The quantitative estimate of drug-likeness (QED) is 0.773. The van der Waals surface area contributed by atoms with Crippen LogP contribution in [0.5, 0.6) is 0 Å². The van der Waals surface area contributed by atoms with Crippen molar-refractivity contribution in [2.45, 2.75) is 6.04 Å². The van der Waals surface area contributed by atoms with Crippen molar-refractivity contribution in [3.05, 3.63) is 0 Å². The van der Waals surface area contributed by atoms with E-state index in [4.69, 9.17) is 5.11 Å². The highest BCUT2D eigenvalue weighted by Crippen LogP contribution is 2.20. The Morgan fingerprint density at radius 2 is 2.00 bits per heavy atom. The smallest absolute Gasteiger partial charge is 0.327 e. The summed E-state index contributed by atoms with van der Waals surface area (Å²) < 4.78 is 0. The van der Waals surface area contributed by atoms with E-state index in [0.717, 1.165) is 31.1 Å². The van der Waals surface area contributed by atoms with E-state index in [0.29, 0.717) is 18.2 Å². The van der Waals surface area contributed by atoms with E-state index in [1.54, 1.807) is 0 Å². The number of urea groups is 1. The van der Waals surface area contributed by atoms with Gasteiger partial charge in [-0.15, -0.1) is 11.8 Å². The summed E-state index contributed by atoms with van der Waals surface area (Å²) in [5, 5.41) is 11.8. The zero-order valence-corrected chi connectivity index (χ0v) is 12.3. The first-order valence-electron chi connectivity index (χ1n) is 6.33. The fraction of sp³-hybridized carbons (Fsp3) is 0.818. The Balaban J connectivity index is 1.70. The molecule has 19 heavy (non-hydrogen) atoms. The van der Waals surface area contributed by atoms with Gasteiger partial charge in [-0.1, -0.05) is 0 Å². The number of amides is 2. The Bertz CT molecular complexity index is 337. The average molecular weight is 305 g/mol. The third kappa shape index (κ3) is 4.19. The molecule has 2 aliphatic rings. The normalized spacial score (nSPS) is 24.4. The lowest BCUT2D eigenvalue weighted by molar-refractivity contribution is -0.140. The molecule has 2 saturated heterocycles. The fourth-order valence-electron chi connectivity index (χ4n) is 2.09. The first-order chi connectivity index (χ1) is 9.18. The van der Waals surface area contributed by atoms with Crippen LogP contribution in [0, 0.1) is 0 Å². The molecule has 2 aliphatic heterocycles. The maximum absolute atomic E-state index is 11.9. The van der Waals surface area contributed by atoms with Crippen LogP contribution in [-0.2, 0) is 4.79 Å². The van der Waals surface area contributed by atoms with Crippen molar-refractivity contribution < 1.29 is 14.7 Å². The molecule has 0 radical (unpaired) electrons. The summed E-state index contributed by atoms with van der Waals surface area (Å²) in [4.78, 5) is 26.6. The minimum absolute atomic E-state index is 0.260. The lowest BCUT2D eigenvalue weighted by atomic mass is 10.3. The van der Waals surface area contributed by atoms with Crippen LogP contribution in [0.4, 0.5) is 4.79 Å². The molecule has 0 aromatic rings. The highest BCUT2D eigenvalue weighted by molar-refractivity contribution is 7.99. The molecule has 0 aromatic carbocycles. The minimum atomic E-state index is -0.923. The summed E-state index contributed by atoms with van der Waals surface area (Å²) in [6, 6.07) is -0.944. The Morgan fingerprint density at radius 1 is 1.26 bits per heavy atom. The van der Waals surface area contributed by atoms with Crippen molar-refractivity contribution in [2.75, 3.05) is 49.3 Å². The Labute approximate surface area is 121 Å². The number of aliphatic carboxylic acids is 1. The van der Waals surface area contributed by atoms with E-state index in [1.165, 1.54) is 16.7 Å².